The van der Waals surface area contributed by atoms with Gasteiger partial charge >= 0.3 is 17.7 Å². The van der Waals surface area contributed by atoms with E-state index in [-0.39, 0.29) is 70.5 Å². The molecule has 22 heteroatoms. The summed E-state index contributed by atoms with van der Waals surface area (Å²) < 4.78 is 47.5. The van der Waals surface area contributed by atoms with Crippen molar-refractivity contribution in [1.82, 2.24) is 14.9 Å². The van der Waals surface area contributed by atoms with E-state index in [1.54, 1.807) is 55.2 Å². The Morgan fingerprint density at radius 1 is 0.937 bits per heavy atom. The summed E-state index contributed by atoms with van der Waals surface area (Å²) in [5, 5.41) is 53.3. The molecule has 2 aromatic carbocycles. The third-order valence-electron chi connectivity index (χ3n) is 15.8. The highest BCUT2D eigenvalue weighted by atomic mass is 19.1. The molecule has 10 atom stereocenters. The highest BCUT2D eigenvalue weighted by molar-refractivity contribution is 6.37. The van der Waals surface area contributed by atoms with Crippen LogP contribution in [0.3, 0.4) is 0 Å². The van der Waals surface area contributed by atoms with Crippen molar-refractivity contribution >= 4 is 58.0 Å². The number of aliphatic hydroxyl groups excluding tert-OH is 2. The molecule has 5 N–H and O–H groups in total. The number of benzene rings is 2. The van der Waals surface area contributed by atoms with Crippen LogP contribution in [0.4, 0.5) is 10.1 Å². The minimum Gasteiger partial charge on any atom is -0.507 e. The molecule has 1 aromatic heterocycles. The number of carbonyl (C=O) groups is 6. The molecule has 3 aromatic rings. The monoisotopic (exact) mass is 1100 g/mol. The molecule has 2 aliphatic carbocycles. The molecule has 422 valence electrons. The number of pyridine rings is 1. The number of aromatic nitrogens is 1. The smallest absolute Gasteiger partial charge is 0.341 e. The van der Waals surface area contributed by atoms with Crippen molar-refractivity contribution in [2.45, 2.75) is 117 Å². The van der Waals surface area contributed by atoms with Crippen molar-refractivity contribution in [3.8, 4) is 17.2 Å². The topological polar surface area (TPSA) is 282 Å². The number of phenolic OH excluding ortho intramolecular Hbond substituents is 1. The number of rotatable bonds is 8. The molecule has 4 aliphatic heterocycles. The second-order valence-corrected chi connectivity index (χ2v) is 21.2. The average Bonchev–Trinajstić information content (AvgIpc) is 4.33. The Morgan fingerprint density at radius 3 is 2.25 bits per heavy atom. The highest BCUT2D eigenvalue weighted by Gasteiger charge is 2.53. The zero-order valence-corrected chi connectivity index (χ0v) is 45.8. The van der Waals surface area contributed by atoms with Crippen LogP contribution >= 0.6 is 0 Å². The van der Waals surface area contributed by atoms with E-state index in [9.17, 15) is 49.2 Å². The van der Waals surface area contributed by atoms with Gasteiger partial charge in [0.05, 0.1) is 83.7 Å². The number of piperazine rings is 1. The van der Waals surface area contributed by atoms with Gasteiger partial charge in [-0.2, -0.15) is 5.10 Å². The van der Waals surface area contributed by atoms with E-state index >= 15 is 9.18 Å². The number of hydrogen-bond donors (Lipinski definition) is 5. The SMILES string of the molecule is COc1c(N2CCN(/N=C/C3=C4NC(=O)/C(C)=C\C=C\[C@H](C)[C@H](O)[C@@H](C)[C@@H](O)[C@@H](C)[C@H](OC(C)=O)[C@H](C)[C@@H](OC)/C=C/O[C@@]5(C)Oc6c(C)c(O)c(c(c6C5=O)C3=O)C4=O)C(C)C2)c(F)cc2c(=O)c(C(=O)O)cn(C3CC3)c12. The Morgan fingerprint density at radius 2 is 1.63 bits per heavy atom. The van der Waals surface area contributed by atoms with Crippen molar-refractivity contribution in [3.05, 3.63) is 104 Å². The summed E-state index contributed by atoms with van der Waals surface area (Å²) in [7, 11) is 2.73. The van der Waals surface area contributed by atoms with Crippen LogP contribution in [0.2, 0.25) is 0 Å². The van der Waals surface area contributed by atoms with Crippen LogP contribution in [0.1, 0.15) is 121 Å². The van der Waals surface area contributed by atoms with Crippen LogP contribution in [-0.2, 0) is 23.8 Å². The number of nitrogens with zero attached hydrogens (tertiary/aromatic N) is 4. The quantitative estimate of drug-likeness (QED) is 0.134. The number of carbonyl (C=O) groups excluding carboxylic acids is 5. The molecule has 9 rings (SSSR count). The van der Waals surface area contributed by atoms with Crippen molar-refractivity contribution in [2.75, 3.05) is 38.8 Å². The summed E-state index contributed by atoms with van der Waals surface area (Å²) >= 11 is 0. The first kappa shape index (κ1) is 57.5. The number of carboxylic acids is 1. The number of fused-ring (bicyclic) bond motifs is 15. The normalized spacial score (nSPS) is 29.5. The van der Waals surface area contributed by atoms with Crippen molar-refractivity contribution < 1.29 is 77.3 Å². The lowest BCUT2D eigenvalue weighted by atomic mass is 9.78. The standard InChI is InChI=1S/C57H66FN5O16/c1-25-13-12-14-26(2)55(72)60-42-35(22-59-63-19-18-61(23-27(63)3)44-37(58)21-34-43(53(44)76-11)62(33-15-16-33)24-36(48(34)68)56(73)74)49(69)39-40(50(42)70)47(67)31(7)52-41(39)54(71)57(9,79-52)77-20-17-38(75-10)28(4)51(78-32(8)64)30(6)46(66)29(5)45(25)65/h12-14,17,20-22,24-25,27-30,33,38,45-46,51,65-67H,15-16,18-19,23H2,1-11H3,(H,60,72)(H,73,74)/b13-12+,20-17+,26-14-,59-22+/t25-,27?,28+,29+,30+,38-,45-,46+,51+,57-/m0/s1. The molecular weight excluding hydrogens is 1030 g/mol. The number of ketones is 3. The fourth-order valence-corrected chi connectivity index (χ4v) is 11.0. The Hall–Kier alpha value is -7.69. The third kappa shape index (κ3) is 10.4. The van der Waals surface area contributed by atoms with Crippen LogP contribution in [0, 0.1) is 36.4 Å². The predicted molar refractivity (Wildman–Crippen MR) is 285 cm³/mol. The summed E-state index contributed by atoms with van der Waals surface area (Å²) in [5.41, 5.74) is -3.67. The van der Waals surface area contributed by atoms with Crippen LogP contribution in [-0.4, -0.2) is 142 Å². The van der Waals surface area contributed by atoms with Crippen molar-refractivity contribution in [3.63, 3.8) is 0 Å². The second kappa shape index (κ2) is 22.2. The van der Waals surface area contributed by atoms with E-state index in [2.05, 4.69) is 10.4 Å². The molecule has 79 heavy (non-hydrogen) atoms. The first-order chi connectivity index (χ1) is 37.3. The molecule has 1 amide bonds. The summed E-state index contributed by atoms with van der Waals surface area (Å²) in [6.07, 6.45) is 6.66. The van der Waals surface area contributed by atoms with Gasteiger partial charge in [-0.15, -0.1) is 0 Å². The molecule has 0 radical (unpaired) electrons. The van der Waals surface area contributed by atoms with Gasteiger partial charge < -0.3 is 58.9 Å². The maximum absolute atomic E-state index is 16.4. The number of carboxylic acid groups (broad SMARTS) is 1. The lowest BCUT2D eigenvalue weighted by molar-refractivity contribution is -0.160. The van der Waals surface area contributed by atoms with Gasteiger partial charge in [0, 0.05) is 81.1 Å². The minimum atomic E-state index is -2.20. The van der Waals surface area contributed by atoms with Crippen molar-refractivity contribution in [2.24, 2.45) is 28.8 Å². The Labute approximate surface area is 454 Å². The second-order valence-electron chi connectivity index (χ2n) is 21.2. The molecule has 5 bridgehead atoms. The summed E-state index contributed by atoms with van der Waals surface area (Å²) in [5.74, 6) is -12.6. The largest absolute Gasteiger partial charge is 0.507 e. The van der Waals surface area contributed by atoms with Gasteiger partial charge in [0.2, 0.25) is 11.2 Å². The number of halogens is 1. The first-order valence-corrected chi connectivity index (χ1v) is 26.1. The highest BCUT2D eigenvalue weighted by Crippen LogP contribution is 2.49. The summed E-state index contributed by atoms with van der Waals surface area (Å²) in [6.45, 7) is 14.1. The van der Waals surface area contributed by atoms with Gasteiger partial charge in [-0.25, -0.2) is 9.18 Å². The van der Waals surface area contributed by atoms with Crippen molar-refractivity contribution in [1.29, 1.82) is 0 Å². The predicted octanol–water partition coefficient (Wildman–Crippen LogP) is 5.69. The number of allylic oxidation sites excluding steroid dienone is 4. The first-order valence-electron chi connectivity index (χ1n) is 26.1. The number of Topliss-reactive ketones (excluding diaryl/α,β-unsaturated/α-hetero) is 3. The number of anilines is 1. The number of aliphatic hydroxyl groups is 2. The fraction of sp³-hybridized carbons (Fsp3) is 0.474. The fourth-order valence-electron chi connectivity index (χ4n) is 11.0. The molecule has 6 aliphatic rings. The van der Waals surface area contributed by atoms with E-state index in [0.717, 1.165) is 18.5 Å². The van der Waals surface area contributed by atoms with Gasteiger partial charge in [0.15, 0.2) is 17.3 Å². The number of amides is 1. The van der Waals surface area contributed by atoms with Crippen LogP contribution in [0.25, 0.3) is 10.9 Å². The maximum Gasteiger partial charge on any atom is 0.341 e. The number of nitrogens with one attached hydrogen (secondary N) is 1. The lowest BCUT2D eigenvalue weighted by Gasteiger charge is -2.40. The van der Waals surface area contributed by atoms with E-state index in [1.807, 2.05) is 0 Å². The number of hydrogen-bond acceptors (Lipinski definition) is 18. The van der Waals surface area contributed by atoms with Crippen LogP contribution in [0.5, 0.6) is 17.2 Å². The number of methoxy groups -OCH3 is 2. The van der Waals surface area contributed by atoms with E-state index < -0.39 is 140 Å². The van der Waals surface area contributed by atoms with Gasteiger partial charge in [-0.1, -0.05) is 45.9 Å². The number of aromatic carboxylic acids is 1. The molecule has 2 fully saturated rings. The number of esters is 1. The van der Waals surface area contributed by atoms with E-state index in [1.165, 1.54) is 66.3 Å². The zero-order chi connectivity index (χ0) is 57.8. The Kier molecular flexibility index (Phi) is 16.2. The molecule has 5 heterocycles. The van der Waals surface area contributed by atoms with Gasteiger partial charge in [-0.05, 0) is 45.8 Å². The molecule has 1 saturated heterocycles. The molecule has 21 nitrogen and oxygen atoms in total. The molecule has 1 unspecified atom stereocenters. The summed E-state index contributed by atoms with van der Waals surface area (Å²) in [4.78, 5) is 98.4. The van der Waals surface area contributed by atoms with E-state index in [0.29, 0.717) is 12.8 Å². The number of phenols is 1. The number of ether oxygens (including phenoxy) is 5. The molecule has 0 spiro atoms. The van der Waals surface area contributed by atoms with Gasteiger partial charge in [0.25, 0.3) is 11.7 Å². The number of aromatic hydroxyl groups is 1. The van der Waals surface area contributed by atoms with Crippen LogP contribution < -0.4 is 25.1 Å². The molecule has 1 saturated carbocycles. The Bertz CT molecular complexity index is 3280. The average molecular weight is 1100 g/mol. The summed E-state index contributed by atoms with van der Waals surface area (Å²) in [6, 6.07) is 0.333. The van der Waals surface area contributed by atoms with Gasteiger partial charge in [-0.3, -0.25) is 33.8 Å². The third-order valence-corrected chi connectivity index (χ3v) is 15.8. The minimum absolute atomic E-state index is 0.0316. The van der Waals surface area contributed by atoms with Gasteiger partial charge in [0.1, 0.15) is 34.6 Å². The lowest BCUT2D eigenvalue weighted by Crippen LogP contribution is -2.50. The zero-order valence-electron chi connectivity index (χ0n) is 45.8. The maximum atomic E-state index is 16.4. The Balaban J connectivity index is 1.18. The molecular formula is C57H66FN5O16. The van der Waals surface area contributed by atoms with E-state index in [4.69, 9.17) is 23.7 Å². The van der Waals surface area contributed by atoms with Crippen LogP contribution in [0.15, 0.2) is 69.6 Å². The number of hydrazone groups is 1.